The van der Waals surface area contributed by atoms with Gasteiger partial charge in [-0.3, -0.25) is 10.3 Å². The molecule has 20 heavy (non-hydrogen) atoms. The monoisotopic (exact) mass is 283 g/mol. The molecule has 1 aliphatic heterocycles. The van der Waals surface area contributed by atoms with Crippen molar-refractivity contribution in [3.8, 4) is 6.01 Å². The van der Waals surface area contributed by atoms with Crippen molar-refractivity contribution < 1.29 is 9.84 Å². The van der Waals surface area contributed by atoms with E-state index in [-0.39, 0.29) is 18.6 Å². The van der Waals surface area contributed by atoms with Crippen LogP contribution in [-0.2, 0) is 0 Å². The molecule has 0 unspecified atom stereocenters. The molecule has 112 valence electrons. The first-order valence-electron chi connectivity index (χ1n) is 6.70. The summed E-state index contributed by atoms with van der Waals surface area (Å²) in [6.07, 6.45) is 0. The normalized spacial score (nSPS) is 16.2. The minimum atomic E-state index is 0.182. The van der Waals surface area contributed by atoms with E-state index in [9.17, 15) is 0 Å². The fourth-order valence-corrected chi connectivity index (χ4v) is 2.06. The molecule has 0 bridgehead atoms. The number of piperazine rings is 1. The Morgan fingerprint density at radius 2 is 2.00 bits per heavy atom. The van der Waals surface area contributed by atoms with Crippen molar-refractivity contribution >= 4 is 11.9 Å². The Morgan fingerprint density at radius 1 is 1.25 bits per heavy atom. The second-order valence-corrected chi connectivity index (χ2v) is 4.37. The Kier molecular flexibility index (Phi) is 5.27. The molecule has 0 amide bonds. The lowest BCUT2D eigenvalue weighted by molar-refractivity contribution is 0.188. The van der Waals surface area contributed by atoms with Crippen molar-refractivity contribution in [1.82, 2.24) is 19.9 Å². The fraction of sp³-hybridized carbons (Fsp3) is 0.727. The number of nitrogen functional groups attached to an aromatic ring is 1. The number of ether oxygens (including phenoxy) is 1. The van der Waals surface area contributed by atoms with E-state index < -0.39 is 0 Å². The van der Waals surface area contributed by atoms with Crippen LogP contribution in [0.15, 0.2) is 0 Å². The third kappa shape index (κ3) is 3.65. The van der Waals surface area contributed by atoms with Crippen LogP contribution in [-0.4, -0.2) is 70.9 Å². The number of hydrogen-bond acceptors (Lipinski definition) is 9. The van der Waals surface area contributed by atoms with E-state index in [0.29, 0.717) is 19.1 Å². The highest BCUT2D eigenvalue weighted by molar-refractivity contribution is 5.38. The van der Waals surface area contributed by atoms with Crippen molar-refractivity contribution in [2.45, 2.75) is 6.92 Å². The van der Waals surface area contributed by atoms with Crippen LogP contribution in [0.2, 0.25) is 0 Å². The van der Waals surface area contributed by atoms with E-state index in [1.54, 1.807) is 0 Å². The standard InChI is InChI=1S/C11H21N7O2/c1-2-20-11-14-9(16-12)13-10(15-11)18-5-3-17(4-6-18)7-8-19/h19H,2-8,12H2,1H3,(H,13,14,15,16). The van der Waals surface area contributed by atoms with Crippen molar-refractivity contribution in [3.05, 3.63) is 0 Å². The number of rotatable bonds is 6. The maximum Gasteiger partial charge on any atom is 0.323 e. The van der Waals surface area contributed by atoms with Gasteiger partial charge in [0, 0.05) is 32.7 Å². The number of hydrazine groups is 1. The molecular formula is C11H21N7O2. The fourth-order valence-electron chi connectivity index (χ4n) is 2.06. The van der Waals surface area contributed by atoms with Gasteiger partial charge in [0.25, 0.3) is 0 Å². The third-order valence-corrected chi connectivity index (χ3v) is 3.08. The number of hydrogen-bond donors (Lipinski definition) is 3. The molecule has 4 N–H and O–H groups in total. The highest BCUT2D eigenvalue weighted by atomic mass is 16.5. The van der Waals surface area contributed by atoms with Gasteiger partial charge in [-0.1, -0.05) is 0 Å². The molecule has 0 aliphatic carbocycles. The zero-order chi connectivity index (χ0) is 14.4. The summed E-state index contributed by atoms with van der Waals surface area (Å²) in [7, 11) is 0. The van der Waals surface area contributed by atoms with E-state index >= 15 is 0 Å². The summed E-state index contributed by atoms with van der Waals surface area (Å²) in [6.45, 7) is 6.54. The molecule has 2 rings (SSSR count). The van der Waals surface area contributed by atoms with Gasteiger partial charge < -0.3 is 14.7 Å². The first kappa shape index (κ1) is 14.7. The zero-order valence-electron chi connectivity index (χ0n) is 11.6. The zero-order valence-corrected chi connectivity index (χ0v) is 11.6. The molecule has 0 saturated carbocycles. The number of nitrogens with one attached hydrogen (secondary N) is 1. The summed E-state index contributed by atoms with van der Waals surface area (Å²) in [5.74, 6) is 6.21. The highest BCUT2D eigenvalue weighted by Gasteiger charge is 2.20. The maximum absolute atomic E-state index is 8.94. The summed E-state index contributed by atoms with van der Waals surface area (Å²) in [6, 6.07) is 0.267. The van der Waals surface area contributed by atoms with Gasteiger partial charge in [0.1, 0.15) is 0 Å². The maximum atomic E-state index is 8.94. The summed E-state index contributed by atoms with van der Waals surface area (Å²) >= 11 is 0. The number of β-amino-alcohol motifs (C(OH)–C–C–N with tert-alkyl or cyclic N) is 1. The number of aromatic nitrogens is 3. The molecular weight excluding hydrogens is 262 g/mol. The summed E-state index contributed by atoms with van der Waals surface area (Å²) in [4.78, 5) is 16.8. The Bertz CT molecular complexity index is 423. The van der Waals surface area contributed by atoms with E-state index in [2.05, 4.69) is 30.2 Å². The van der Waals surface area contributed by atoms with Crippen LogP contribution in [0.4, 0.5) is 11.9 Å². The average molecular weight is 283 g/mol. The van der Waals surface area contributed by atoms with Gasteiger partial charge in [-0.25, -0.2) is 5.84 Å². The van der Waals surface area contributed by atoms with E-state index in [1.165, 1.54) is 0 Å². The van der Waals surface area contributed by atoms with E-state index in [0.717, 1.165) is 26.2 Å². The third-order valence-electron chi connectivity index (χ3n) is 3.08. The Morgan fingerprint density at radius 3 is 2.60 bits per heavy atom. The van der Waals surface area contributed by atoms with Crippen LogP contribution >= 0.6 is 0 Å². The minimum absolute atomic E-state index is 0.182. The molecule has 1 aromatic rings. The summed E-state index contributed by atoms with van der Waals surface area (Å²) < 4.78 is 5.31. The van der Waals surface area contributed by atoms with Crippen LogP contribution in [0.5, 0.6) is 6.01 Å². The second-order valence-electron chi connectivity index (χ2n) is 4.37. The summed E-state index contributed by atoms with van der Waals surface area (Å²) in [5.41, 5.74) is 2.42. The van der Waals surface area contributed by atoms with Gasteiger partial charge in [0.2, 0.25) is 11.9 Å². The highest BCUT2D eigenvalue weighted by Crippen LogP contribution is 2.16. The van der Waals surface area contributed by atoms with Crippen LogP contribution < -0.4 is 20.9 Å². The van der Waals surface area contributed by atoms with E-state index in [1.807, 2.05) is 6.92 Å². The quantitative estimate of drug-likeness (QED) is 0.431. The van der Waals surface area contributed by atoms with E-state index in [4.69, 9.17) is 15.7 Å². The van der Waals surface area contributed by atoms with Gasteiger partial charge in [-0.2, -0.15) is 15.0 Å². The molecule has 0 radical (unpaired) electrons. The number of aliphatic hydroxyl groups excluding tert-OH is 1. The second kappa shape index (κ2) is 7.17. The van der Waals surface area contributed by atoms with Crippen molar-refractivity contribution in [3.63, 3.8) is 0 Å². The molecule has 1 aromatic heterocycles. The molecule has 0 atom stereocenters. The van der Waals surface area contributed by atoms with Gasteiger partial charge in [-0.05, 0) is 6.92 Å². The predicted molar refractivity (Wildman–Crippen MR) is 74.5 cm³/mol. The molecule has 1 aliphatic rings. The lowest BCUT2D eigenvalue weighted by Gasteiger charge is -2.34. The number of anilines is 2. The molecule has 1 fully saturated rings. The topological polar surface area (TPSA) is 113 Å². The van der Waals surface area contributed by atoms with Gasteiger partial charge in [0.15, 0.2) is 0 Å². The SMILES string of the molecule is CCOc1nc(NN)nc(N2CCN(CCO)CC2)n1. The molecule has 0 spiro atoms. The Hall–Kier alpha value is -1.71. The van der Waals surface area contributed by atoms with Crippen LogP contribution in [0.3, 0.4) is 0 Å². The van der Waals surface area contributed by atoms with Crippen molar-refractivity contribution in [2.75, 3.05) is 56.3 Å². The molecule has 2 heterocycles. The number of aliphatic hydroxyl groups is 1. The lowest BCUT2D eigenvalue weighted by atomic mass is 10.3. The van der Waals surface area contributed by atoms with Crippen molar-refractivity contribution in [1.29, 1.82) is 0 Å². The summed E-state index contributed by atoms with van der Waals surface area (Å²) in [5, 5.41) is 8.94. The molecule has 9 nitrogen and oxygen atoms in total. The lowest BCUT2D eigenvalue weighted by Crippen LogP contribution is -2.47. The largest absolute Gasteiger partial charge is 0.464 e. The first-order valence-corrected chi connectivity index (χ1v) is 6.70. The predicted octanol–water partition coefficient (Wildman–Crippen LogP) is -1.33. The number of nitrogens with two attached hydrogens (primary N) is 1. The smallest absolute Gasteiger partial charge is 0.323 e. The molecule has 9 heteroatoms. The van der Waals surface area contributed by atoms with Gasteiger partial charge >= 0.3 is 6.01 Å². The average Bonchev–Trinajstić information content (AvgIpc) is 2.48. The Labute approximate surface area is 117 Å². The van der Waals surface area contributed by atoms with Crippen LogP contribution in [0, 0.1) is 0 Å². The minimum Gasteiger partial charge on any atom is -0.464 e. The Balaban J connectivity index is 2.06. The molecule has 1 saturated heterocycles. The molecule has 0 aromatic carbocycles. The van der Waals surface area contributed by atoms with Crippen molar-refractivity contribution in [2.24, 2.45) is 5.84 Å². The van der Waals surface area contributed by atoms with Gasteiger partial charge in [-0.15, -0.1) is 0 Å². The first-order chi connectivity index (χ1) is 9.76. The van der Waals surface area contributed by atoms with Crippen LogP contribution in [0.1, 0.15) is 6.92 Å². The number of nitrogens with zero attached hydrogens (tertiary/aromatic N) is 5. The van der Waals surface area contributed by atoms with Gasteiger partial charge in [0.05, 0.1) is 13.2 Å². The van der Waals surface area contributed by atoms with Crippen LogP contribution in [0.25, 0.3) is 0 Å².